The minimum absolute atomic E-state index is 0.343. The predicted molar refractivity (Wildman–Crippen MR) is 130 cm³/mol. The first-order valence-electron chi connectivity index (χ1n) is 11.2. The Morgan fingerprint density at radius 2 is 1.39 bits per heavy atom. The average Bonchev–Trinajstić information content (AvgIpc) is 3.38. The van der Waals surface area contributed by atoms with Crippen LogP contribution in [0, 0.1) is 6.92 Å². The van der Waals surface area contributed by atoms with Crippen LogP contribution in [0.25, 0.3) is 0 Å². The van der Waals surface area contributed by atoms with E-state index in [-0.39, 0.29) is 5.97 Å². The van der Waals surface area contributed by atoms with Gasteiger partial charge in [-0.15, -0.1) is 0 Å². The molecule has 1 heterocycles. The lowest BCUT2D eigenvalue weighted by Crippen LogP contribution is -2.17. The van der Waals surface area contributed by atoms with Gasteiger partial charge in [-0.25, -0.2) is 4.79 Å². The van der Waals surface area contributed by atoms with Gasteiger partial charge in [0.15, 0.2) is 0 Å². The highest BCUT2D eigenvalue weighted by Gasteiger charge is 2.11. The van der Waals surface area contributed by atoms with Crippen LogP contribution in [0.4, 0.5) is 28.4 Å². The zero-order chi connectivity index (χ0) is 23.0. The van der Waals surface area contributed by atoms with Crippen LogP contribution in [0.5, 0.6) is 0 Å². The van der Waals surface area contributed by atoms with Gasteiger partial charge in [-0.05, 0) is 99.0 Å². The van der Waals surface area contributed by atoms with Crippen LogP contribution in [0.1, 0.15) is 35.7 Å². The smallest absolute Gasteiger partial charge is 0.338 e. The number of anilines is 1. The maximum atomic E-state index is 11.7. The summed E-state index contributed by atoms with van der Waals surface area (Å²) in [5.41, 5.74) is 5.67. The van der Waals surface area contributed by atoms with Crippen molar-refractivity contribution in [2.24, 2.45) is 20.5 Å². The van der Waals surface area contributed by atoms with Crippen molar-refractivity contribution in [3.05, 3.63) is 77.9 Å². The van der Waals surface area contributed by atoms with E-state index in [1.54, 1.807) is 31.2 Å². The molecule has 0 atom stereocenters. The molecule has 0 bridgehead atoms. The standard InChI is InChI=1S/C26H27N5O2/c1-3-33-26(32)20-6-8-21(9-7-20)28-30-25-15-12-23(18-19(25)2)29-27-22-10-13-24(14-11-22)31-16-4-5-17-31/h6-15,18H,3-5,16-17H2,1-2H3/b29-27+,30-28+. The van der Waals surface area contributed by atoms with Gasteiger partial charge in [0.2, 0.25) is 0 Å². The van der Waals surface area contributed by atoms with E-state index in [0.717, 1.165) is 35.7 Å². The van der Waals surface area contributed by atoms with E-state index >= 15 is 0 Å². The second-order valence-electron chi connectivity index (χ2n) is 7.85. The maximum absolute atomic E-state index is 11.7. The van der Waals surface area contributed by atoms with Crippen molar-refractivity contribution < 1.29 is 9.53 Å². The monoisotopic (exact) mass is 441 g/mol. The molecule has 0 spiro atoms. The maximum Gasteiger partial charge on any atom is 0.338 e. The Hall–Kier alpha value is -3.87. The molecule has 1 aliphatic rings. The molecular weight excluding hydrogens is 414 g/mol. The summed E-state index contributed by atoms with van der Waals surface area (Å²) in [5, 5.41) is 17.3. The van der Waals surface area contributed by atoms with Crippen LogP contribution in [-0.4, -0.2) is 25.7 Å². The summed E-state index contributed by atoms with van der Waals surface area (Å²) < 4.78 is 4.99. The van der Waals surface area contributed by atoms with Crippen molar-refractivity contribution >= 4 is 34.4 Å². The molecule has 0 radical (unpaired) electrons. The third kappa shape index (κ3) is 5.88. The Morgan fingerprint density at radius 1 is 0.818 bits per heavy atom. The van der Waals surface area contributed by atoms with E-state index in [2.05, 4.69) is 37.5 Å². The Balaban J connectivity index is 1.39. The van der Waals surface area contributed by atoms with E-state index in [9.17, 15) is 4.79 Å². The second-order valence-corrected chi connectivity index (χ2v) is 7.85. The molecule has 168 valence electrons. The first kappa shape index (κ1) is 22.3. The van der Waals surface area contributed by atoms with Crippen molar-refractivity contribution in [1.82, 2.24) is 0 Å². The number of nitrogens with zero attached hydrogens (tertiary/aromatic N) is 5. The van der Waals surface area contributed by atoms with Gasteiger partial charge in [0.1, 0.15) is 0 Å². The van der Waals surface area contributed by atoms with Crippen molar-refractivity contribution in [3.63, 3.8) is 0 Å². The molecule has 0 amide bonds. The lowest BCUT2D eigenvalue weighted by Gasteiger charge is -2.17. The molecule has 3 aromatic rings. The molecule has 0 N–H and O–H groups in total. The first-order chi connectivity index (χ1) is 16.1. The highest BCUT2D eigenvalue weighted by Crippen LogP contribution is 2.28. The van der Waals surface area contributed by atoms with Gasteiger partial charge in [0, 0.05) is 18.8 Å². The molecule has 0 aromatic heterocycles. The van der Waals surface area contributed by atoms with Crippen LogP contribution in [-0.2, 0) is 4.74 Å². The number of benzene rings is 3. The van der Waals surface area contributed by atoms with E-state index < -0.39 is 0 Å². The van der Waals surface area contributed by atoms with Crippen LogP contribution in [0.15, 0.2) is 87.2 Å². The normalized spacial score (nSPS) is 13.8. The van der Waals surface area contributed by atoms with Crippen LogP contribution in [0.2, 0.25) is 0 Å². The number of carbonyl (C=O) groups is 1. The zero-order valence-corrected chi connectivity index (χ0v) is 18.9. The minimum atomic E-state index is -0.343. The SMILES string of the molecule is CCOC(=O)c1ccc(/N=N/c2ccc(/N=N/c3ccc(N4CCCC4)cc3)cc2C)cc1. The number of hydrogen-bond acceptors (Lipinski definition) is 7. The summed E-state index contributed by atoms with van der Waals surface area (Å²) in [4.78, 5) is 14.1. The van der Waals surface area contributed by atoms with Gasteiger partial charge in [-0.3, -0.25) is 0 Å². The van der Waals surface area contributed by atoms with Crippen LogP contribution in [0.3, 0.4) is 0 Å². The highest BCUT2D eigenvalue weighted by molar-refractivity contribution is 5.89. The lowest BCUT2D eigenvalue weighted by molar-refractivity contribution is 0.0526. The van der Waals surface area contributed by atoms with E-state index in [0.29, 0.717) is 17.9 Å². The number of azo groups is 2. The molecule has 33 heavy (non-hydrogen) atoms. The largest absolute Gasteiger partial charge is 0.462 e. The number of carbonyl (C=O) groups excluding carboxylic acids is 1. The first-order valence-corrected chi connectivity index (χ1v) is 11.2. The predicted octanol–water partition coefficient (Wildman–Crippen LogP) is 7.60. The molecule has 0 aliphatic carbocycles. The molecular formula is C26H27N5O2. The zero-order valence-electron chi connectivity index (χ0n) is 18.9. The van der Waals surface area contributed by atoms with Crippen molar-refractivity contribution in [2.45, 2.75) is 26.7 Å². The van der Waals surface area contributed by atoms with Crippen molar-refractivity contribution in [1.29, 1.82) is 0 Å². The third-order valence-corrected chi connectivity index (χ3v) is 5.43. The summed E-state index contributed by atoms with van der Waals surface area (Å²) in [6, 6.07) is 20.7. The molecule has 1 fully saturated rings. The molecule has 7 heteroatoms. The fourth-order valence-corrected chi connectivity index (χ4v) is 3.63. The van der Waals surface area contributed by atoms with Crippen LogP contribution >= 0.6 is 0 Å². The van der Waals surface area contributed by atoms with Gasteiger partial charge in [-0.1, -0.05) is 0 Å². The van der Waals surface area contributed by atoms with Gasteiger partial charge in [0.25, 0.3) is 0 Å². The Labute approximate surface area is 193 Å². The summed E-state index contributed by atoms with van der Waals surface area (Å²) in [7, 11) is 0. The Bertz CT molecular complexity index is 1150. The van der Waals surface area contributed by atoms with Crippen LogP contribution < -0.4 is 4.90 Å². The molecule has 1 aliphatic heterocycles. The van der Waals surface area contributed by atoms with Crippen molar-refractivity contribution in [2.75, 3.05) is 24.6 Å². The Morgan fingerprint density at radius 3 is 2.03 bits per heavy atom. The van der Waals surface area contributed by atoms with E-state index in [1.165, 1.54) is 18.5 Å². The minimum Gasteiger partial charge on any atom is -0.462 e. The topological polar surface area (TPSA) is 79.0 Å². The number of rotatable bonds is 7. The second kappa shape index (κ2) is 10.6. The molecule has 3 aromatic carbocycles. The summed E-state index contributed by atoms with van der Waals surface area (Å²) in [5.74, 6) is -0.343. The lowest BCUT2D eigenvalue weighted by atomic mass is 10.2. The number of esters is 1. The molecule has 7 nitrogen and oxygen atoms in total. The van der Waals surface area contributed by atoms with Gasteiger partial charge < -0.3 is 9.64 Å². The number of hydrogen-bond donors (Lipinski definition) is 0. The van der Waals surface area contributed by atoms with Gasteiger partial charge in [-0.2, -0.15) is 20.5 Å². The van der Waals surface area contributed by atoms with E-state index in [4.69, 9.17) is 4.74 Å². The third-order valence-electron chi connectivity index (χ3n) is 5.43. The van der Waals surface area contributed by atoms with Gasteiger partial charge in [0.05, 0.1) is 34.9 Å². The highest BCUT2D eigenvalue weighted by atomic mass is 16.5. The Kier molecular flexibility index (Phi) is 7.19. The summed E-state index contributed by atoms with van der Waals surface area (Å²) in [6.07, 6.45) is 2.52. The fourth-order valence-electron chi connectivity index (χ4n) is 3.63. The summed E-state index contributed by atoms with van der Waals surface area (Å²) >= 11 is 0. The summed E-state index contributed by atoms with van der Waals surface area (Å²) in [6.45, 7) is 6.34. The fraction of sp³-hybridized carbons (Fsp3) is 0.269. The molecule has 0 saturated carbocycles. The molecule has 1 saturated heterocycles. The van der Waals surface area contributed by atoms with E-state index in [1.807, 2.05) is 37.3 Å². The average molecular weight is 442 g/mol. The number of ether oxygens (including phenoxy) is 1. The number of aryl methyl sites for hydroxylation is 1. The van der Waals surface area contributed by atoms with Gasteiger partial charge >= 0.3 is 5.97 Å². The molecule has 0 unspecified atom stereocenters. The van der Waals surface area contributed by atoms with Crippen molar-refractivity contribution in [3.8, 4) is 0 Å². The quantitative estimate of drug-likeness (QED) is 0.280. The molecule has 4 rings (SSSR count).